The molecular weight excluding hydrogens is 436 g/mol. The molecule has 1 aliphatic carbocycles. The van der Waals surface area contributed by atoms with Crippen LogP contribution >= 0.6 is 11.8 Å². The Morgan fingerprint density at radius 3 is 3.00 bits per heavy atom. The Kier molecular flexibility index (Phi) is 5.06. The molecule has 2 atom stereocenters. The van der Waals surface area contributed by atoms with Gasteiger partial charge in [-0.25, -0.2) is 9.97 Å². The van der Waals surface area contributed by atoms with Crippen molar-refractivity contribution >= 4 is 22.9 Å². The van der Waals surface area contributed by atoms with Gasteiger partial charge in [0.2, 0.25) is 5.82 Å². The van der Waals surface area contributed by atoms with Gasteiger partial charge in [-0.15, -0.1) is 10.2 Å². The summed E-state index contributed by atoms with van der Waals surface area (Å²) < 4.78 is 13.3. The predicted molar refractivity (Wildman–Crippen MR) is 126 cm³/mol. The summed E-state index contributed by atoms with van der Waals surface area (Å²) in [6.45, 7) is 7.45. The van der Waals surface area contributed by atoms with E-state index in [0.717, 1.165) is 71.3 Å². The van der Waals surface area contributed by atoms with Crippen LogP contribution in [0.15, 0.2) is 38.6 Å². The molecule has 1 aromatic carbocycles. The SMILES string of the molecule is CCc1nc2cc([C@]34C[C@H]3CN(CCCSc3nnc(-c5ocnc5C)n3C)C4)ccc2o1. The second-order valence-electron chi connectivity index (χ2n) is 9.27. The van der Waals surface area contributed by atoms with Gasteiger partial charge in [-0.1, -0.05) is 24.8 Å². The van der Waals surface area contributed by atoms with Crippen LogP contribution in [0.3, 0.4) is 0 Å². The second-order valence-corrected chi connectivity index (χ2v) is 10.3. The van der Waals surface area contributed by atoms with Crippen molar-refractivity contribution in [1.82, 2.24) is 29.6 Å². The third-order valence-corrected chi connectivity index (χ3v) is 8.27. The number of fused-ring (bicyclic) bond motifs is 2. The zero-order valence-electron chi connectivity index (χ0n) is 19.2. The quantitative estimate of drug-likeness (QED) is 0.283. The van der Waals surface area contributed by atoms with Crippen molar-refractivity contribution in [3.8, 4) is 11.6 Å². The van der Waals surface area contributed by atoms with Crippen molar-refractivity contribution in [2.75, 3.05) is 25.4 Å². The van der Waals surface area contributed by atoms with Gasteiger partial charge in [-0.05, 0) is 49.9 Å². The Labute approximate surface area is 196 Å². The van der Waals surface area contributed by atoms with Gasteiger partial charge >= 0.3 is 0 Å². The van der Waals surface area contributed by atoms with E-state index in [-0.39, 0.29) is 0 Å². The van der Waals surface area contributed by atoms with Crippen molar-refractivity contribution in [1.29, 1.82) is 0 Å². The predicted octanol–water partition coefficient (Wildman–Crippen LogP) is 4.24. The van der Waals surface area contributed by atoms with Crippen molar-refractivity contribution in [2.24, 2.45) is 13.0 Å². The first-order valence-electron chi connectivity index (χ1n) is 11.6. The average molecular weight is 465 g/mol. The minimum Gasteiger partial charge on any atom is -0.441 e. The van der Waals surface area contributed by atoms with E-state index in [4.69, 9.17) is 8.83 Å². The van der Waals surface area contributed by atoms with Gasteiger partial charge < -0.3 is 18.3 Å². The van der Waals surface area contributed by atoms with Crippen LogP contribution in [0.2, 0.25) is 0 Å². The Morgan fingerprint density at radius 1 is 1.27 bits per heavy atom. The van der Waals surface area contributed by atoms with Crippen LogP contribution in [-0.4, -0.2) is 55.0 Å². The Hall–Kier alpha value is -2.65. The molecule has 0 unspecified atom stereocenters. The molecule has 6 rings (SSSR count). The van der Waals surface area contributed by atoms with Crippen LogP contribution in [0.1, 0.15) is 36.9 Å². The number of thioether (sulfide) groups is 1. The van der Waals surface area contributed by atoms with Crippen molar-refractivity contribution in [3.63, 3.8) is 0 Å². The molecule has 0 bridgehead atoms. The van der Waals surface area contributed by atoms with Gasteiger partial charge in [-0.2, -0.15) is 0 Å². The smallest absolute Gasteiger partial charge is 0.202 e. The number of hydrogen-bond acceptors (Lipinski definition) is 8. The van der Waals surface area contributed by atoms with Crippen LogP contribution in [0, 0.1) is 12.8 Å². The summed E-state index contributed by atoms with van der Waals surface area (Å²) in [5.74, 6) is 4.02. The van der Waals surface area contributed by atoms with Gasteiger partial charge in [0.05, 0.1) is 5.69 Å². The molecule has 1 aliphatic heterocycles. The number of hydrogen-bond donors (Lipinski definition) is 0. The third-order valence-electron chi connectivity index (χ3n) is 7.16. The van der Waals surface area contributed by atoms with E-state index in [2.05, 4.69) is 50.2 Å². The fourth-order valence-electron chi connectivity index (χ4n) is 5.25. The van der Waals surface area contributed by atoms with Gasteiger partial charge in [-0.3, -0.25) is 0 Å². The van der Waals surface area contributed by atoms with Crippen LogP contribution in [0.4, 0.5) is 0 Å². The first-order chi connectivity index (χ1) is 16.1. The van der Waals surface area contributed by atoms with Crippen LogP contribution in [0.25, 0.3) is 22.7 Å². The van der Waals surface area contributed by atoms with Gasteiger partial charge in [0, 0.05) is 37.7 Å². The largest absolute Gasteiger partial charge is 0.441 e. The summed E-state index contributed by atoms with van der Waals surface area (Å²) in [5, 5.41) is 9.55. The molecule has 2 fully saturated rings. The van der Waals surface area contributed by atoms with Crippen LogP contribution in [-0.2, 0) is 18.9 Å². The maximum Gasteiger partial charge on any atom is 0.202 e. The highest BCUT2D eigenvalue weighted by Crippen LogP contribution is 2.59. The first-order valence-corrected chi connectivity index (χ1v) is 12.6. The summed E-state index contributed by atoms with van der Waals surface area (Å²) in [5.41, 5.74) is 4.49. The van der Waals surface area contributed by atoms with E-state index < -0.39 is 0 Å². The number of aryl methyl sites for hydroxylation is 2. The number of likely N-dealkylation sites (tertiary alicyclic amines) is 1. The summed E-state index contributed by atoms with van der Waals surface area (Å²) in [6, 6.07) is 6.63. The lowest BCUT2D eigenvalue weighted by Gasteiger charge is -2.21. The normalized spacial score (nSPS) is 22.3. The summed E-state index contributed by atoms with van der Waals surface area (Å²) in [7, 11) is 1.98. The molecule has 0 amide bonds. The number of benzene rings is 1. The molecule has 4 aromatic rings. The van der Waals surface area contributed by atoms with Crippen LogP contribution < -0.4 is 0 Å². The van der Waals surface area contributed by atoms with Crippen LogP contribution in [0.5, 0.6) is 0 Å². The maximum absolute atomic E-state index is 5.80. The number of nitrogens with zero attached hydrogens (tertiary/aromatic N) is 6. The minimum absolute atomic E-state index is 0.320. The van der Waals surface area contributed by atoms with Gasteiger partial charge in [0.15, 0.2) is 28.8 Å². The molecule has 9 heteroatoms. The van der Waals surface area contributed by atoms with E-state index in [1.54, 1.807) is 11.8 Å². The molecule has 33 heavy (non-hydrogen) atoms. The molecule has 1 saturated heterocycles. The van der Waals surface area contributed by atoms with Crippen molar-refractivity contribution in [3.05, 3.63) is 41.7 Å². The number of oxazole rings is 2. The zero-order valence-corrected chi connectivity index (χ0v) is 20.1. The molecule has 3 aromatic heterocycles. The molecule has 4 heterocycles. The lowest BCUT2D eigenvalue weighted by molar-refractivity contribution is 0.299. The third kappa shape index (κ3) is 3.58. The Bertz CT molecular complexity index is 1310. The van der Waals surface area contributed by atoms with E-state index in [0.29, 0.717) is 11.2 Å². The molecule has 172 valence electrons. The molecular formula is C24H28N6O2S. The first kappa shape index (κ1) is 20.9. The highest BCUT2D eigenvalue weighted by molar-refractivity contribution is 7.99. The second kappa shape index (κ2) is 7.99. The average Bonchev–Trinajstić information content (AvgIpc) is 3.28. The molecule has 8 nitrogen and oxygen atoms in total. The highest BCUT2D eigenvalue weighted by Gasteiger charge is 2.60. The van der Waals surface area contributed by atoms with Crippen molar-refractivity contribution < 1.29 is 8.83 Å². The molecule has 0 spiro atoms. The number of piperidine rings is 1. The van der Waals surface area contributed by atoms with E-state index in [9.17, 15) is 0 Å². The summed E-state index contributed by atoms with van der Waals surface area (Å²) >= 11 is 1.75. The standard InChI is InChI=1S/C24H28N6O2S/c1-4-20-26-18-10-16(6-7-19(18)32-20)24-11-17(24)12-30(13-24)8-5-9-33-23-28-27-22(29(23)3)21-15(2)25-14-31-21/h6-7,10,14,17H,4-5,8-9,11-13H2,1-3H3/t17-,24+/m0/s1. The Morgan fingerprint density at radius 2 is 2.18 bits per heavy atom. The van der Waals surface area contributed by atoms with Gasteiger partial charge in [0.25, 0.3) is 0 Å². The zero-order chi connectivity index (χ0) is 22.6. The molecule has 0 radical (unpaired) electrons. The lowest BCUT2D eigenvalue weighted by Crippen LogP contribution is -2.27. The monoisotopic (exact) mass is 464 g/mol. The van der Waals surface area contributed by atoms with Gasteiger partial charge in [0.1, 0.15) is 5.52 Å². The number of aromatic nitrogens is 5. The summed E-state index contributed by atoms with van der Waals surface area (Å²) in [6.07, 6.45) is 4.70. The summed E-state index contributed by atoms with van der Waals surface area (Å²) in [4.78, 5) is 11.4. The fourth-order valence-corrected chi connectivity index (χ4v) is 6.08. The number of rotatable bonds is 8. The molecule has 1 saturated carbocycles. The van der Waals surface area contributed by atoms with E-state index >= 15 is 0 Å². The van der Waals surface area contributed by atoms with E-state index in [1.165, 1.54) is 24.9 Å². The maximum atomic E-state index is 5.80. The van der Waals surface area contributed by atoms with Crippen molar-refractivity contribution in [2.45, 2.75) is 43.7 Å². The fraction of sp³-hybridized carbons (Fsp3) is 0.500. The minimum atomic E-state index is 0.320. The van der Waals surface area contributed by atoms with E-state index in [1.807, 2.05) is 18.5 Å². The lowest BCUT2D eigenvalue weighted by atomic mass is 9.95. The molecule has 0 N–H and O–H groups in total. The molecule has 2 aliphatic rings. The Balaban J connectivity index is 1.04. The topological polar surface area (TPSA) is 86.0 Å². The highest BCUT2D eigenvalue weighted by atomic mass is 32.2.